The van der Waals surface area contributed by atoms with E-state index in [1.165, 1.54) is 63.5 Å². The van der Waals surface area contributed by atoms with E-state index in [9.17, 15) is 4.39 Å². The van der Waals surface area contributed by atoms with Gasteiger partial charge in [0.05, 0.1) is 0 Å². The van der Waals surface area contributed by atoms with Crippen molar-refractivity contribution in [3.8, 4) is 0 Å². The van der Waals surface area contributed by atoms with Crippen LogP contribution in [-0.2, 0) is 0 Å². The van der Waals surface area contributed by atoms with E-state index in [1.54, 1.807) is 0 Å². The summed E-state index contributed by atoms with van der Waals surface area (Å²) < 4.78 is 12.8. The number of nitrogens with one attached hydrogen (secondary N) is 1. The van der Waals surface area contributed by atoms with E-state index in [0.29, 0.717) is 11.5 Å². The maximum Gasteiger partial charge on any atom is 0.123 e. The van der Waals surface area contributed by atoms with Gasteiger partial charge in [-0.25, -0.2) is 4.39 Å². The standard InChI is InChI=1S/C16H22FN/c17-13-3-5-14(6-4-13)18-15-7-11-16(12-8-15)9-1-2-10-16/h3-6,15,18H,1-2,7-12H2. The molecule has 0 heterocycles. The molecule has 2 fully saturated rings. The molecule has 0 atom stereocenters. The van der Waals surface area contributed by atoms with Gasteiger partial charge in [0.1, 0.15) is 5.82 Å². The summed E-state index contributed by atoms with van der Waals surface area (Å²) in [4.78, 5) is 0. The fraction of sp³-hybridized carbons (Fsp3) is 0.625. The number of hydrogen-bond acceptors (Lipinski definition) is 1. The van der Waals surface area contributed by atoms with Gasteiger partial charge in [0.15, 0.2) is 0 Å². The van der Waals surface area contributed by atoms with Crippen LogP contribution in [0.25, 0.3) is 0 Å². The smallest absolute Gasteiger partial charge is 0.123 e. The van der Waals surface area contributed by atoms with Crippen LogP contribution in [0.15, 0.2) is 24.3 Å². The first-order chi connectivity index (χ1) is 8.76. The van der Waals surface area contributed by atoms with Crippen molar-refractivity contribution in [1.82, 2.24) is 0 Å². The Morgan fingerprint density at radius 1 is 0.944 bits per heavy atom. The molecular formula is C16H22FN. The summed E-state index contributed by atoms with van der Waals surface area (Å²) >= 11 is 0. The predicted molar refractivity (Wildman–Crippen MR) is 73.2 cm³/mol. The van der Waals surface area contributed by atoms with Crippen molar-refractivity contribution in [2.24, 2.45) is 5.41 Å². The first kappa shape index (κ1) is 12.0. The molecule has 1 aromatic carbocycles. The normalized spacial score (nSPS) is 23.4. The second-order valence-corrected chi connectivity index (χ2v) is 6.13. The lowest BCUT2D eigenvalue weighted by Gasteiger charge is -2.37. The van der Waals surface area contributed by atoms with E-state index in [2.05, 4.69) is 5.32 Å². The SMILES string of the molecule is Fc1ccc(NC2CCC3(CCCC3)CC2)cc1. The minimum absolute atomic E-state index is 0.158. The van der Waals surface area contributed by atoms with Crippen LogP contribution in [0.2, 0.25) is 0 Å². The van der Waals surface area contributed by atoms with Crippen LogP contribution in [0.5, 0.6) is 0 Å². The summed E-state index contributed by atoms with van der Waals surface area (Å²) in [6.07, 6.45) is 11.1. The highest BCUT2D eigenvalue weighted by atomic mass is 19.1. The summed E-state index contributed by atoms with van der Waals surface area (Å²) in [7, 11) is 0. The van der Waals surface area contributed by atoms with Crippen molar-refractivity contribution >= 4 is 5.69 Å². The minimum Gasteiger partial charge on any atom is -0.382 e. The van der Waals surface area contributed by atoms with Crippen molar-refractivity contribution in [3.05, 3.63) is 30.1 Å². The van der Waals surface area contributed by atoms with E-state index in [4.69, 9.17) is 0 Å². The molecule has 3 rings (SSSR count). The quantitative estimate of drug-likeness (QED) is 0.796. The molecular weight excluding hydrogens is 225 g/mol. The van der Waals surface area contributed by atoms with Gasteiger partial charge < -0.3 is 5.32 Å². The van der Waals surface area contributed by atoms with Crippen molar-refractivity contribution in [3.63, 3.8) is 0 Å². The van der Waals surface area contributed by atoms with Crippen molar-refractivity contribution < 1.29 is 4.39 Å². The van der Waals surface area contributed by atoms with Gasteiger partial charge in [0.2, 0.25) is 0 Å². The molecule has 2 aliphatic rings. The summed E-state index contributed by atoms with van der Waals surface area (Å²) in [5.74, 6) is -0.158. The Morgan fingerprint density at radius 2 is 1.56 bits per heavy atom. The minimum atomic E-state index is -0.158. The zero-order valence-corrected chi connectivity index (χ0v) is 10.9. The molecule has 1 N–H and O–H groups in total. The second kappa shape index (κ2) is 4.91. The lowest BCUT2D eigenvalue weighted by molar-refractivity contribution is 0.188. The number of benzene rings is 1. The van der Waals surface area contributed by atoms with Gasteiger partial charge in [-0.05, 0) is 68.2 Å². The van der Waals surface area contributed by atoms with Gasteiger partial charge in [0, 0.05) is 11.7 Å². The molecule has 2 heteroatoms. The maximum absolute atomic E-state index is 12.8. The molecule has 1 aromatic rings. The fourth-order valence-corrected chi connectivity index (χ4v) is 3.78. The van der Waals surface area contributed by atoms with Crippen LogP contribution in [0.4, 0.5) is 10.1 Å². The molecule has 98 valence electrons. The summed E-state index contributed by atoms with van der Waals surface area (Å²) in [6, 6.07) is 7.33. The van der Waals surface area contributed by atoms with Gasteiger partial charge in [-0.15, -0.1) is 0 Å². The number of rotatable bonds is 2. The highest BCUT2D eigenvalue weighted by molar-refractivity contribution is 5.43. The Morgan fingerprint density at radius 3 is 2.17 bits per heavy atom. The number of anilines is 1. The predicted octanol–water partition coefficient (Wildman–Crippen LogP) is 4.74. The largest absolute Gasteiger partial charge is 0.382 e. The third-order valence-corrected chi connectivity index (χ3v) is 4.93. The van der Waals surface area contributed by atoms with Crippen molar-refractivity contribution in [1.29, 1.82) is 0 Å². The summed E-state index contributed by atoms with van der Waals surface area (Å²) in [5.41, 5.74) is 1.75. The molecule has 0 bridgehead atoms. The molecule has 0 radical (unpaired) electrons. The monoisotopic (exact) mass is 247 g/mol. The molecule has 0 saturated heterocycles. The molecule has 0 unspecified atom stereocenters. The van der Waals surface area contributed by atoms with E-state index in [1.807, 2.05) is 12.1 Å². The van der Waals surface area contributed by atoms with Gasteiger partial charge in [-0.2, -0.15) is 0 Å². The van der Waals surface area contributed by atoms with E-state index < -0.39 is 0 Å². The van der Waals surface area contributed by atoms with Crippen LogP contribution in [0.1, 0.15) is 51.4 Å². The van der Waals surface area contributed by atoms with Gasteiger partial charge in [-0.3, -0.25) is 0 Å². The van der Waals surface area contributed by atoms with E-state index in [0.717, 1.165) is 5.69 Å². The average molecular weight is 247 g/mol. The summed E-state index contributed by atoms with van der Waals surface area (Å²) in [5, 5.41) is 3.55. The lowest BCUT2D eigenvalue weighted by Crippen LogP contribution is -2.31. The lowest BCUT2D eigenvalue weighted by atomic mass is 9.71. The van der Waals surface area contributed by atoms with Crippen LogP contribution >= 0.6 is 0 Å². The van der Waals surface area contributed by atoms with E-state index in [-0.39, 0.29) is 5.82 Å². The fourth-order valence-electron chi connectivity index (χ4n) is 3.78. The van der Waals surface area contributed by atoms with Crippen LogP contribution in [0.3, 0.4) is 0 Å². The Hall–Kier alpha value is -1.05. The summed E-state index contributed by atoms with van der Waals surface area (Å²) in [6.45, 7) is 0. The Labute approximate surface area is 109 Å². The zero-order valence-electron chi connectivity index (χ0n) is 10.9. The highest BCUT2D eigenvalue weighted by Crippen LogP contribution is 2.49. The molecule has 2 saturated carbocycles. The molecule has 1 spiro atoms. The zero-order chi connectivity index (χ0) is 12.4. The van der Waals surface area contributed by atoms with Gasteiger partial charge in [0.25, 0.3) is 0 Å². The van der Waals surface area contributed by atoms with Gasteiger partial charge in [-0.1, -0.05) is 12.8 Å². The first-order valence-corrected chi connectivity index (χ1v) is 7.28. The van der Waals surface area contributed by atoms with Crippen LogP contribution in [0, 0.1) is 11.2 Å². The third kappa shape index (κ3) is 2.52. The van der Waals surface area contributed by atoms with Crippen LogP contribution < -0.4 is 5.32 Å². The number of hydrogen-bond donors (Lipinski definition) is 1. The van der Waals surface area contributed by atoms with Crippen molar-refractivity contribution in [2.75, 3.05) is 5.32 Å². The Balaban J connectivity index is 1.55. The third-order valence-electron chi connectivity index (χ3n) is 4.93. The molecule has 1 nitrogen and oxygen atoms in total. The molecule has 18 heavy (non-hydrogen) atoms. The number of halogens is 1. The molecule has 0 amide bonds. The van der Waals surface area contributed by atoms with Crippen LogP contribution in [-0.4, -0.2) is 6.04 Å². The first-order valence-electron chi connectivity index (χ1n) is 7.28. The molecule has 0 aromatic heterocycles. The van der Waals surface area contributed by atoms with Crippen molar-refractivity contribution in [2.45, 2.75) is 57.4 Å². The average Bonchev–Trinajstić information content (AvgIpc) is 2.84. The second-order valence-electron chi connectivity index (χ2n) is 6.13. The molecule has 0 aliphatic heterocycles. The Kier molecular flexibility index (Phi) is 3.27. The highest BCUT2D eigenvalue weighted by Gasteiger charge is 2.37. The van der Waals surface area contributed by atoms with E-state index >= 15 is 0 Å². The van der Waals surface area contributed by atoms with Gasteiger partial charge >= 0.3 is 0 Å². The maximum atomic E-state index is 12.8. The Bertz CT molecular complexity index is 382. The topological polar surface area (TPSA) is 12.0 Å². The molecule has 2 aliphatic carbocycles.